The van der Waals surface area contributed by atoms with E-state index in [1.807, 2.05) is 54.6 Å². The van der Waals surface area contributed by atoms with Gasteiger partial charge in [0.25, 0.3) is 0 Å². The Bertz CT molecular complexity index is 1260. The first-order chi connectivity index (χ1) is 17.5. The molecule has 0 radical (unpaired) electrons. The zero-order valence-electron chi connectivity index (χ0n) is 20.1. The first-order valence-electron chi connectivity index (χ1n) is 12.4. The van der Waals surface area contributed by atoms with Crippen molar-refractivity contribution in [2.75, 3.05) is 12.3 Å². The van der Waals surface area contributed by atoms with Gasteiger partial charge in [0.15, 0.2) is 9.84 Å². The third kappa shape index (κ3) is 4.50. The van der Waals surface area contributed by atoms with Crippen molar-refractivity contribution in [3.05, 3.63) is 138 Å². The lowest BCUT2D eigenvalue weighted by Crippen LogP contribution is -2.54. The fourth-order valence-electron chi connectivity index (χ4n) is 5.70. The summed E-state index contributed by atoms with van der Waals surface area (Å²) >= 11 is 0. The van der Waals surface area contributed by atoms with Gasteiger partial charge in [-0.05, 0) is 41.7 Å². The molecule has 0 aromatic heterocycles. The Morgan fingerprint density at radius 1 is 0.722 bits per heavy atom. The molecule has 0 saturated carbocycles. The van der Waals surface area contributed by atoms with Crippen LogP contribution in [0.25, 0.3) is 0 Å². The highest BCUT2D eigenvalue weighted by atomic mass is 32.2. The molecule has 2 atom stereocenters. The molecular formula is C31H31NO3S. The van der Waals surface area contributed by atoms with Crippen LogP contribution in [0.2, 0.25) is 0 Å². The van der Waals surface area contributed by atoms with E-state index >= 15 is 0 Å². The minimum Gasteiger partial charge on any atom is -0.390 e. The summed E-state index contributed by atoms with van der Waals surface area (Å²) in [6.45, 7) is 0.742. The lowest BCUT2D eigenvalue weighted by atomic mass is 9.75. The van der Waals surface area contributed by atoms with Crippen LogP contribution in [-0.4, -0.2) is 42.9 Å². The first-order valence-corrected chi connectivity index (χ1v) is 14.1. The Labute approximate surface area is 213 Å². The van der Waals surface area contributed by atoms with Crippen LogP contribution in [-0.2, 0) is 15.4 Å². The standard InChI is InChI=1S/C31H31NO3S/c33-30(24-36(34,35)28-20-11-4-12-21-28)29-22-13-23-32(29)31(25-14-5-1-6-15-25,26-16-7-2-8-17-26)27-18-9-3-10-19-27/h1-12,14-21,29-30,33H,13,22-24H2/t29-,30-/m1/s1. The predicted molar refractivity (Wildman–Crippen MR) is 143 cm³/mol. The molecule has 0 spiro atoms. The van der Waals surface area contributed by atoms with Crippen LogP contribution in [0.4, 0.5) is 0 Å². The molecule has 0 unspecified atom stereocenters. The number of nitrogens with zero attached hydrogens (tertiary/aromatic N) is 1. The summed E-state index contributed by atoms with van der Waals surface area (Å²) in [6, 6.07) is 39.1. The average Bonchev–Trinajstić information content (AvgIpc) is 3.42. The molecule has 1 aliphatic heterocycles. The van der Waals surface area contributed by atoms with E-state index in [9.17, 15) is 13.5 Å². The molecule has 1 aliphatic rings. The van der Waals surface area contributed by atoms with Gasteiger partial charge in [-0.1, -0.05) is 109 Å². The van der Waals surface area contributed by atoms with Crippen LogP contribution in [0.5, 0.6) is 0 Å². The van der Waals surface area contributed by atoms with Gasteiger partial charge in [-0.2, -0.15) is 0 Å². The monoisotopic (exact) mass is 497 g/mol. The summed E-state index contributed by atoms with van der Waals surface area (Å²) in [5.41, 5.74) is 2.59. The highest BCUT2D eigenvalue weighted by molar-refractivity contribution is 7.91. The SMILES string of the molecule is O=S(=O)(C[C@@H](O)[C@H]1CCCN1C(c1ccccc1)(c1ccccc1)c1ccccc1)c1ccccc1. The second-order valence-electron chi connectivity index (χ2n) is 9.37. The van der Waals surface area contributed by atoms with Crippen LogP contribution >= 0.6 is 0 Å². The minimum absolute atomic E-state index is 0.244. The Balaban J connectivity index is 1.64. The maximum Gasteiger partial charge on any atom is 0.180 e. The van der Waals surface area contributed by atoms with Gasteiger partial charge in [-0.15, -0.1) is 0 Å². The molecule has 4 aromatic carbocycles. The summed E-state index contributed by atoms with van der Waals surface area (Å²) in [4.78, 5) is 2.58. The molecule has 5 heteroatoms. The molecule has 1 saturated heterocycles. The van der Waals surface area contributed by atoms with Crippen LogP contribution in [0.1, 0.15) is 29.5 Å². The van der Waals surface area contributed by atoms with Gasteiger partial charge < -0.3 is 5.11 Å². The molecular weight excluding hydrogens is 466 g/mol. The molecule has 0 amide bonds. The van der Waals surface area contributed by atoms with Gasteiger partial charge in [0.05, 0.1) is 22.3 Å². The van der Waals surface area contributed by atoms with Gasteiger partial charge in [-0.3, -0.25) is 4.90 Å². The number of hydrogen-bond donors (Lipinski definition) is 1. The molecule has 0 bridgehead atoms. The normalized spacial score (nSPS) is 17.6. The zero-order chi connectivity index (χ0) is 25.0. The van der Waals surface area contributed by atoms with E-state index in [1.54, 1.807) is 30.3 Å². The maximum absolute atomic E-state index is 13.2. The average molecular weight is 498 g/mol. The van der Waals surface area contributed by atoms with Gasteiger partial charge in [-0.25, -0.2) is 8.42 Å². The number of aliphatic hydroxyl groups is 1. The number of benzene rings is 4. The third-order valence-corrected chi connectivity index (χ3v) is 9.01. The largest absolute Gasteiger partial charge is 0.390 e. The Kier molecular flexibility index (Phi) is 7.06. The lowest BCUT2D eigenvalue weighted by molar-refractivity contribution is 0.0451. The van der Waals surface area contributed by atoms with E-state index in [-0.39, 0.29) is 16.7 Å². The predicted octanol–water partition coefficient (Wildman–Crippen LogP) is 5.28. The van der Waals surface area contributed by atoms with E-state index in [4.69, 9.17) is 0 Å². The van der Waals surface area contributed by atoms with Crippen LogP contribution in [0.15, 0.2) is 126 Å². The number of rotatable bonds is 8. The van der Waals surface area contributed by atoms with Crippen LogP contribution in [0, 0.1) is 0 Å². The van der Waals surface area contributed by atoms with Gasteiger partial charge >= 0.3 is 0 Å². The van der Waals surface area contributed by atoms with Gasteiger partial charge in [0.1, 0.15) is 0 Å². The van der Waals surface area contributed by atoms with Crippen molar-refractivity contribution in [2.24, 2.45) is 0 Å². The van der Waals surface area contributed by atoms with Crippen molar-refractivity contribution in [1.29, 1.82) is 0 Å². The molecule has 36 heavy (non-hydrogen) atoms. The number of hydrogen-bond acceptors (Lipinski definition) is 4. The molecule has 1 fully saturated rings. The summed E-state index contributed by atoms with van der Waals surface area (Å²) < 4.78 is 26.4. The second kappa shape index (κ2) is 10.4. The smallest absolute Gasteiger partial charge is 0.180 e. The van der Waals surface area contributed by atoms with E-state index < -0.39 is 21.5 Å². The minimum atomic E-state index is -3.64. The summed E-state index contributed by atoms with van der Waals surface area (Å²) in [5, 5.41) is 11.5. The second-order valence-corrected chi connectivity index (χ2v) is 11.4. The fraction of sp³-hybridized carbons (Fsp3) is 0.226. The molecule has 0 aliphatic carbocycles. The number of sulfone groups is 1. The highest BCUT2D eigenvalue weighted by Crippen LogP contribution is 2.46. The number of aliphatic hydroxyl groups excluding tert-OH is 1. The molecule has 4 aromatic rings. The first kappa shape index (κ1) is 24.4. The molecule has 184 valence electrons. The number of likely N-dealkylation sites (tertiary alicyclic amines) is 1. The maximum atomic E-state index is 13.2. The fourth-order valence-corrected chi connectivity index (χ4v) is 7.14. The Hall–Kier alpha value is -3.25. The van der Waals surface area contributed by atoms with Crippen molar-refractivity contribution in [2.45, 2.75) is 35.4 Å². The molecule has 5 rings (SSSR count). The van der Waals surface area contributed by atoms with Crippen molar-refractivity contribution < 1.29 is 13.5 Å². The third-order valence-electron chi connectivity index (χ3n) is 7.24. The van der Waals surface area contributed by atoms with Gasteiger partial charge in [0.2, 0.25) is 0 Å². The molecule has 1 N–H and O–H groups in total. The van der Waals surface area contributed by atoms with Crippen molar-refractivity contribution in [1.82, 2.24) is 4.90 Å². The molecule has 4 nitrogen and oxygen atoms in total. The Morgan fingerprint density at radius 2 is 1.14 bits per heavy atom. The van der Waals surface area contributed by atoms with E-state index in [2.05, 4.69) is 41.3 Å². The quantitative estimate of drug-likeness (QED) is 0.337. The summed E-state index contributed by atoms with van der Waals surface area (Å²) in [5.74, 6) is -0.313. The van der Waals surface area contributed by atoms with E-state index in [0.717, 1.165) is 36.1 Å². The van der Waals surface area contributed by atoms with Crippen molar-refractivity contribution in [3.8, 4) is 0 Å². The summed E-state index contributed by atoms with van der Waals surface area (Å²) in [7, 11) is -3.64. The van der Waals surface area contributed by atoms with Crippen LogP contribution in [0.3, 0.4) is 0 Å². The van der Waals surface area contributed by atoms with Crippen molar-refractivity contribution >= 4 is 9.84 Å². The van der Waals surface area contributed by atoms with E-state index in [0.29, 0.717) is 0 Å². The highest BCUT2D eigenvalue weighted by Gasteiger charge is 2.49. The zero-order valence-corrected chi connectivity index (χ0v) is 21.0. The van der Waals surface area contributed by atoms with Gasteiger partial charge in [0, 0.05) is 12.6 Å². The van der Waals surface area contributed by atoms with Crippen molar-refractivity contribution in [3.63, 3.8) is 0 Å². The van der Waals surface area contributed by atoms with E-state index in [1.165, 1.54) is 0 Å². The van der Waals surface area contributed by atoms with Crippen LogP contribution < -0.4 is 0 Å². The molecule has 1 heterocycles. The Morgan fingerprint density at radius 3 is 1.58 bits per heavy atom. The lowest BCUT2D eigenvalue weighted by Gasteiger charge is -2.47. The topological polar surface area (TPSA) is 57.6 Å². The summed E-state index contributed by atoms with van der Waals surface area (Å²) in [6.07, 6.45) is 0.564.